The topological polar surface area (TPSA) is 65.4 Å². The van der Waals surface area contributed by atoms with Crippen LogP contribution in [0.5, 0.6) is 11.5 Å². The monoisotopic (exact) mass is 383 g/mol. The zero-order valence-corrected chi connectivity index (χ0v) is 17.1. The number of nitrogens with zero attached hydrogens (tertiary/aromatic N) is 2. The molecule has 1 saturated carbocycles. The highest BCUT2D eigenvalue weighted by molar-refractivity contribution is 5.92. The molecule has 0 bridgehead atoms. The average Bonchev–Trinajstić information content (AvgIpc) is 3.42. The van der Waals surface area contributed by atoms with Gasteiger partial charge in [-0.25, -0.2) is 0 Å². The quantitative estimate of drug-likeness (QED) is 0.861. The standard InChI is InChI=1S/C22H29N3O3/c1-14(16-8-9-19-20(12-16)28-11-5-10-27-19)23-21(26)17-13-18(15-6-7-15)25(24-17)22(2,3)4/h8-9,12-15H,5-7,10-11H2,1-4H3,(H,23,26). The summed E-state index contributed by atoms with van der Waals surface area (Å²) in [5.41, 5.74) is 2.49. The van der Waals surface area contributed by atoms with E-state index in [0.29, 0.717) is 24.8 Å². The Labute approximate surface area is 166 Å². The summed E-state index contributed by atoms with van der Waals surface area (Å²) in [5.74, 6) is 1.89. The summed E-state index contributed by atoms with van der Waals surface area (Å²) in [7, 11) is 0. The first-order chi connectivity index (χ1) is 13.3. The third-order valence-electron chi connectivity index (χ3n) is 5.22. The van der Waals surface area contributed by atoms with Crippen LogP contribution in [0.3, 0.4) is 0 Å². The first-order valence-electron chi connectivity index (χ1n) is 10.1. The van der Waals surface area contributed by atoms with Crippen LogP contribution in [0.15, 0.2) is 24.3 Å². The minimum Gasteiger partial charge on any atom is -0.490 e. The molecule has 28 heavy (non-hydrogen) atoms. The molecule has 0 saturated heterocycles. The molecule has 2 aliphatic rings. The van der Waals surface area contributed by atoms with Crippen LogP contribution >= 0.6 is 0 Å². The molecule has 6 heteroatoms. The summed E-state index contributed by atoms with van der Waals surface area (Å²) < 4.78 is 13.5. The molecule has 1 N–H and O–H groups in total. The summed E-state index contributed by atoms with van der Waals surface area (Å²) >= 11 is 0. The van der Waals surface area contributed by atoms with Crippen molar-refractivity contribution in [3.63, 3.8) is 0 Å². The van der Waals surface area contributed by atoms with Crippen LogP contribution in [0.1, 0.15) is 80.7 Å². The fourth-order valence-corrected chi connectivity index (χ4v) is 3.52. The van der Waals surface area contributed by atoms with Gasteiger partial charge in [-0.2, -0.15) is 5.10 Å². The van der Waals surface area contributed by atoms with Crippen molar-refractivity contribution in [2.24, 2.45) is 0 Å². The van der Waals surface area contributed by atoms with E-state index in [2.05, 4.69) is 31.2 Å². The Kier molecular flexibility index (Phi) is 4.81. The lowest BCUT2D eigenvalue weighted by molar-refractivity contribution is 0.0933. The third-order valence-corrected chi connectivity index (χ3v) is 5.22. The molecule has 150 valence electrons. The van der Waals surface area contributed by atoms with Crippen molar-refractivity contribution >= 4 is 5.91 Å². The molecule has 1 aromatic carbocycles. The number of hydrogen-bond donors (Lipinski definition) is 1. The summed E-state index contributed by atoms with van der Waals surface area (Å²) in [4.78, 5) is 12.9. The summed E-state index contributed by atoms with van der Waals surface area (Å²) in [6.07, 6.45) is 3.23. The Balaban J connectivity index is 1.51. The van der Waals surface area contributed by atoms with E-state index in [1.807, 2.05) is 35.9 Å². The Hall–Kier alpha value is -2.50. The molecule has 1 unspecified atom stereocenters. The van der Waals surface area contributed by atoms with E-state index in [1.165, 1.54) is 18.5 Å². The number of aromatic nitrogens is 2. The van der Waals surface area contributed by atoms with Gasteiger partial charge in [0.05, 0.1) is 24.8 Å². The van der Waals surface area contributed by atoms with Crippen molar-refractivity contribution in [2.45, 2.75) is 64.5 Å². The molecule has 2 aromatic rings. The predicted molar refractivity (Wildman–Crippen MR) is 107 cm³/mol. The normalized spacial score (nSPS) is 17.7. The smallest absolute Gasteiger partial charge is 0.272 e. The molecule has 0 radical (unpaired) electrons. The number of fused-ring (bicyclic) bond motifs is 1. The minimum atomic E-state index is -0.159. The van der Waals surface area contributed by atoms with Crippen LogP contribution < -0.4 is 14.8 Å². The van der Waals surface area contributed by atoms with Crippen molar-refractivity contribution in [1.29, 1.82) is 0 Å². The number of nitrogens with one attached hydrogen (secondary N) is 1. The highest BCUT2D eigenvalue weighted by Crippen LogP contribution is 2.41. The van der Waals surface area contributed by atoms with E-state index in [1.54, 1.807) is 0 Å². The lowest BCUT2D eigenvalue weighted by Crippen LogP contribution is -2.29. The molecule has 6 nitrogen and oxygen atoms in total. The van der Waals surface area contributed by atoms with Gasteiger partial charge >= 0.3 is 0 Å². The number of hydrogen-bond acceptors (Lipinski definition) is 4. The van der Waals surface area contributed by atoms with E-state index in [-0.39, 0.29) is 17.5 Å². The fourth-order valence-electron chi connectivity index (χ4n) is 3.52. The predicted octanol–water partition coefficient (Wildman–Crippen LogP) is 4.17. The molecular formula is C22H29N3O3. The zero-order chi connectivity index (χ0) is 19.9. The maximum atomic E-state index is 12.9. The summed E-state index contributed by atoms with van der Waals surface area (Å²) in [5, 5.41) is 7.71. The molecule has 1 aliphatic heterocycles. The summed E-state index contributed by atoms with van der Waals surface area (Å²) in [6.45, 7) is 9.64. The molecule has 0 spiro atoms. The second-order valence-electron chi connectivity index (χ2n) is 8.76. The van der Waals surface area contributed by atoms with Gasteiger partial charge in [0.2, 0.25) is 0 Å². The second-order valence-corrected chi connectivity index (χ2v) is 8.76. The molecule has 4 rings (SSSR count). The van der Waals surface area contributed by atoms with Gasteiger partial charge in [-0.3, -0.25) is 9.48 Å². The van der Waals surface area contributed by atoms with Crippen molar-refractivity contribution < 1.29 is 14.3 Å². The Morgan fingerprint density at radius 3 is 2.57 bits per heavy atom. The number of ether oxygens (including phenoxy) is 2. The molecule has 1 aliphatic carbocycles. The van der Waals surface area contributed by atoms with Gasteiger partial charge in [0.15, 0.2) is 11.5 Å². The maximum absolute atomic E-state index is 12.9. The van der Waals surface area contributed by atoms with Gasteiger partial charge in [-0.15, -0.1) is 0 Å². The lowest BCUT2D eigenvalue weighted by atomic mass is 10.1. The highest BCUT2D eigenvalue weighted by atomic mass is 16.5. The van der Waals surface area contributed by atoms with Crippen molar-refractivity contribution in [2.75, 3.05) is 13.2 Å². The van der Waals surface area contributed by atoms with Crippen LogP contribution in [0, 0.1) is 0 Å². The number of carbonyl (C=O) groups excluding carboxylic acids is 1. The van der Waals surface area contributed by atoms with E-state index in [4.69, 9.17) is 9.47 Å². The molecule has 1 amide bonds. The number of amides is 1. The first kappa shape index (κ1) is 18.8. The minimum absolute atomic E-state index is 0.142. The molecular weight excluding hydrogens is 354 g/mol. The van der Waals surface area contributed by atoms with Crippen LogP contribution in [0.2, 0.25) is 0 Å². The van der Waals surface area contributed by atoms with Crippen molar-refractivity contribution in [3.8, 4) is 11.5 Å². The Morgan fingerprint density at radius 2 is 1.89 bits per heavy atom. The molecule has 2 heterocycles. The summed E-state index contributed by atoms with van der Waals surface area (Å²) in [6, 6.07) is 7.64. The molecule has 1 aromatic heterocycles. The van der Waals surface area contributed by atoms with Gasteiger partial charge in [0.25, 0.3) is 5.91 Å². The van der Waals surface area contributed by atoms with Gasteiger partial charge < -0.3 is 14.8 Å². The van der Waals surface area contributed by atoms with Crippen molar-refractivity contribution in [3.05, 3.63) is 41.2 Å². The molecule has 1 fully saturated rings. The SMILES string of the molecule is CC(NC(=O)c1cc(C2CC2)n(C(C)(C)C)n1)c1ccc2c(c1)OCCCO2. The maximum Gasteiger partial charge on any atom is 0.272 e. The van der Waals surface area contributed by atoms with Gasteiger partial charge in [0, 0.05) is 18.0 Å². The van der Waals surface area contributed by atoms with E-state index in [0.717, 1.165) is 23.5 Å². The van der Waals surface area contributed by atoms with E-state index in [9.17, 15) is 4.79 Å². The van der Waals surface area contributed by atoms with Crippen LogP contribution in [0.4, 0.5) is 0 Å². The zero-order valence-electron chi connectivity index (χ0n) is 17.1. The van der Waals surface area contributed by atoms with Crippen LogP contribution in [0.25, 0.3) is 0 Å². The Morgan fingerprint density at radius 1 is 1.18 bits per heavy atom. The van der Waals surface area contributed by atoms with E-state index < -0.39 is 0 Å². The van der Waals surface area contributed by atoms with Gasteiger partial charge in [0.1, 0.15) is 5.69 Å². The van der Waals surface area contributed by atoms with Crippen molar-refractivity contribution in [1.82, 2.24) is 15.1 Å². The molecule has 1 atom stereocenters. The average molecular weight is 383 g/mol. The van der Waals surface area contributed by atoms with Crippen LogP contribution in [-0.2, 0) is 5.54 Å². The van der Waals surface area contributed by atoms with E-state index >= 15 is 0 Å². The van der Waals surface area contributed by atoms with Gasteiger partial charge in [-0.05, 0) is 64.3 Å². The number of carbonyl (C=O) groups is 1. The number of rotatable bonds is 4. The second kappa shape index (κ2) is 7.15. The lowest BCUT2D eigenvalue weighted by Gasteiger charge is -2.22. The number of benzene rings is 1. The largest absolute Gasteiger partial charge is 0.490 e. The highest BCUT2D eigenvalue weighted by Gasteiger charge is 2.32. The Bertz CT molecular complexity index is 878. The first-order valence-corrected chi connectivity index (χ1v) is 10.1. The van der Waals surface area contributed by atoms with Gasteiger partial charge in [-0.1, -0.05) is 6.07 Å². The van der Waals surface area contributed by atoms with Crippen LogP contribution in [-0.4, -0.2) is 28.9 Å². The fraction of sp³-hybridized carbons (Fsp3) is 0.545. The third kappa shape index (κ3) is 3.86.